The Labute approximate surface area is 114 Å². The molecule has 5 heteroatoms. The lowest BCUT2D eigenvalue weighted by Gasteiger charge is -2.35. The van der Waals surface area contributed by atoms with Crippen LogP contribution in [-0.4, -0.2) is 48.0 Å². The van der Waals surface area contributed by atoms with Gasteiger partial charge in [-0.05, 0) is 18.6 Å². The number of hydrogen-bond donors (Lipinski definition) is 1. The first-order valence-electron chi connectivity index (χ1n) is 6.90. The molecule has 1 aliphatic rings. The summed E-state index contributed by atoms with van der Waals surface area (Å²) in [4.78, 5) is 20.5. The summed E-state index contributed by atoms with van der Waals surface area (Å²) >= 11 is 0. The van der Waals surface area contributed by atoms with E-state index < -0.39 is 0 Å². The van der Waals surface area contributed by atoms with Crippen LogP contribution in [0.5, 0.6) is 0 Å². The number of carbonyl (C=O) groups is 1. The smallest absolute Gasteiger partial charge is 0.224 e. The van der Waals surface area contributed by atoms with Gasteiger partial charge >= 0.3 is 0 Å². The van der Waals surface area contributed by atoms with Crippen LogP contribution in [0, 0.1) is 0 Å². The highest BCUT2D eigenvalue weighted by Gasteiger charge is 2.22. The van der Waals surface area contributed by atoms with E-state index in [2.05, 4.69) is 9.88 Å². The average Bonchev–Trinajstić information content (AvgIpc) is 2.48. The lowest BCUT2D eigenvalue weighted by molar-refractivity contribution is -0.131. The van der Waals surface area contributed by atoms with E-state index in [4.69, 9.17) is 5.73 Å². The zero-order valence-electron chi connectivity index (χ0n) is 11.5. The minimum absolute atomic E-state index is 0.0127. The van der Waals surface area contributed by atoms with Gasteiger partial charge in [0, 0.05) is 44.8 Å². The summed E-state index contributed by atoms with van der Waals surface area (Å²) in [5.41, 5.74) is 5.83. The normalized spacial score (nSPS) is 17.4. The number of amides is 1. The highest BCUT2D eigenvalue weighted by atomic mass is 16.2. The van der Waals surface area contributed by atoms with Crippen molar-refractivity contribution in [1.29, 1.82) is 0 Å². The molecule has 1 aromatic heterocycles. The van der Waals surface area contributed by atoms with Crippen LogP contribution in [0.2, 0.25) is 0 Å². The van der Waals surface area contributed by atoms with Gasteiger partial charge < -0.3 is 15.5 Å². The first-order valence-corrected chi connectivity index (χ1v) is 6.90. The molecule has 0 bridgehead atoms. The van der Waals surface area contributed by atoms with Crippen LogP contribution in [0.1, 0.15) is 19.8 Å². The Bertz CT molecular complexity index is 401. The van der Waals surface area contributed by atoms with E-state index in [0.717, 1.165) is 38.4 Å². The quantitative estimate of drug-likeness (QED) is 0.874. The predicted molar refractivity (Wildman–Crippen MR) is 75.9 cm³/mol. The molecule has 2 N–H and O–H groups in total. The van der Waals surface area contributed by atoms with Crippen molar-refractivity contribution in [2.45, 2.75) is 25.8 Å². The lowest BCUT2D eigenvalue weighted by atomic mass is 10.1. The number of pyridine rings is 1. The van der Waals surface area contributed by atoms with Crippen molar-refractivity contribution in [3.63, 3.8) is 0 Å². The molecule has 0 radical (unpaired) electrons. The average molecular weight is 262 g/mol. The van der Waals surface area contributed by atoms with Crippen LogP contribution < -0.4 is 10.6 Å². The van der Waals surface area contributed by atoms with Crippen molar-refractivity contribution < 1.29 is 4.79 Å². The van der Waals surface area contributed by atoms with Gasteiger partial charge in [-0.3, -0.25) is 4.79 Å². The molecule has 1 aliphatic heterocycles. The van der Waals surface area contributed by atoms with E-state index in [0.29, 0.717) is 6.42 Å². The molecule has 1 amide bonds. The van der Waals surface area contributed by atoms with Crippen molar-refractivity contribution in [2.75, 3.05) is 31.1 Å². The van der Waals surface area contributed by atoms with E-state index >= 15 is 0 Å². The van der Waals surface area contributed by atoms with Crippen molar-refractivity contribution in [3.05, 3.63) is 24.4 Å². The Morgan fingerprint density at radius 2 is 2.11 bits per heavy atom. The number of aromatic nitrogens is 1. The molecule has 1 saturated heterocycles. The summed E-state index contributed by atoms with van der Waals surface area (Å²) < 4.78 is 0. The molecule has 0 aliphatic carbocycles. The first kappa shape index (κ1) is 13.8. The Kier molecular flexibility index (Phi) is 4.74. The highest BCUT2D eigenvalue weighted by molar-refractivity contribution is 5.77. The maximum absolute atomic E-state index is 12.0. The van der Waals surface area contributed by atoms with Crippen molar-refractivity contribution >= 4 is 11.7 Å². The van der Waals surface area contributed by atoms with Crippen molar-refractivity contribution in [1.82, 2.24) is 9.88 Å². The molecule has 1 aromatic rings. The number of nitrogens with zero attached hydrogens (tertiary/aromatic N) is 3. The highest BCUT2D eigenvalue weighted by Crippen LogP contribution is 2.13. The topological polar surface area (TPSA) is 62.5 Å². The second kappa shape index (κ2) is 6.52. The molecule has 1 atom stereocenters. The Balaban J connectivity index is 1.84. The Morgan fingerprint density at radius 1 is 1.37 bits per heavy atom. The standard InChI is InChI=1S/C14H22N4O/c1-2-12(15)11-14(19)18-9-7-17(8-10-18)13-5-3-4-6-16-13/h3-6,12H,2,7-11,15H2,1H3. The van der Waals surface area contributed by atoms with Gasteiger partial charge in [0.1, 0.15) is 5.82 Å². The monoisotopic (exact) mass is 262 g/mol. The van der Waals surface area contributed by atoms with Gasteiger partial charge in [-0.1, -0.05) is 13.0 Å². The van der Waals surface area contributed by atoms with Gasteiger partial charge in [0.25, 0.3) is 0 Å². The van der Waals surface area contributed by atoms with E-state index in [9.17, 15) is 4.79 Å². The third-order valence-electron chi connectivity index (χ3n) is 3.57. The Morgan fingerprint density at radius 3 is 2.68 bits per heavy atom. The molecule has 0 saturated carbocycles. The van der Waals surface area contributed by atoms with Gasteiger partial charge in [-0.15, -0.1) is 0 Å². The maximum atomic E-state index is 12.0. The molecule has 0 aromatic carbocycles. The third kappa shape index (κ3) is 3.67. The van der Waals surface area contributed by atoms with E-state index in [1.54, 1.807) is 6.20 Å². The van der Waals surface area contributed by atoms with Gasteiger partial charge in [-0.2, -0.15) is 0 Å². The Hall–Kier alpha value is -1.62. The second-order valence-electron chi connectivity index (χ2n) is 4.93. The van der Waals surface area contributed by atoms with Gasteiger partial charge in [0.15, 0.2) is 0 Å². The molecular formula is C14H22N4O. The molecule has 2 rings (SSSR count). The molecular weight excluding hydrogens is 240 g/mol. The summed E-state index contributed by atoms with van der Waals surface area (Å²) in [7, 11) is 0. The third-order valence-corrected chi connectivity index (χ3v) is 3.57. The van der Waals surface area contributed by atoms with Crippen LogP contribution in [0.4, 0.5) is 5.82 Å². The van der Waals surface area contributed by atoms with E-state index in [-0.39, 0.29) is 11.9 Å². The van der Waals surface area contributed by atoms with Gasteiger partial charge in [0.2, 0.25) is 5.91 Å². The van der Waals surface area contributed by atoms with Gasteiger partial charge in [-0.25, -0.2) is 4.98 Å². The van der Waals surface area contributed by atoms with Crippen LogP contribution in [-0.2, 0) is 4.79 Å². The van der Waals surface area contributed by atoms with Crippen LogP contribution >= 0.6 is 0 Å². The van der Waals surface area contributed by atoms with Crippen molar-refractivity contribution in [2.24, 2.45) is 5.73 Å². The molecule has 1 fully saturated rings. The minimum Gasteiger partial charge on any atom is -0.353 e. The summed E-state index contributed by atoms with van der Waals surface area (Å²) in [6, 6.07) is 5.89. The summed E-state index contributed by atoms with van der Waals surface area (Å²) in [6.07, 6.45) is 3.10. The molecule has 2 heterocycles. The fourth-order valence-corrected chi connectivity index (χ4v) is 2.22. The number of hydrogen-bond acceptors (Lipinski definition) is 4. The first-order chi connectivity index (χ1) is 9.20. The zero-order valence-corrected chi connectivity index (χ0v) is 11.5. The fourth-order valence-electron chi connectivity index (χ4n) is 2.22. The van der Waals surface area contributed by atoms with E-state index in [1.165, 1.54) is 0 Å². The summed E-state index contributed by atoms with van der Waals surface area (Å²) in [5.74, 6) is 1.16. The molecule has 5 nitrogen and oxygen atoms in total. The maximum Gasteiger partial charge on any atom is 0.224 e. The van der Waals surface area contributed by atoms with Crippen LogP contribution in [0.15, 0.2) is 24.4 Å². The number of anilines is 1. The second-order valence-corrected chi connectivity index (χ2v) is 4.93. The van der Waals surface area contributed by atoms with Crippen LogP contribution in [0.25, 0.3) is 0 Å². The summed E-state index contributed by atoms with van der Waals surface area (Å²) in [6.45, 7) is 5.20. The fraction of sp³-hybridized carbons (Fsp3) is 0.571. The number of rotatable bonds is 4. The summed E-state index contributed by atoms with van der Waals surface area (Å²) in [5, 5.41) is 0. The van der Waals surface area contributed by atoms with Gasteiger partial charge in [0.05, 0.1) is 0 Å². The van der Waals surface area contributed by atoms with E-state index in [1.807, 2.05) is 30.0 Å². The van der Waals surface area contributed by atoms with Crippen LogP contribution in [0.3, 0.4) is 0 Å². The molecule has 0 spiro atoms. The predicted octanol–water partition coefficient (Wildman–Crippen LogP) is 0.858. The molecule has 1 unspecified atom stereocenters. The number of carbonyl (C=O) groups excluding carboxylic acids is 1. The largest absolute Gasteiger partial charge is 0.353 e. The van der Waals surface area contributed by atoms with Crippen molar-refractivity contribution in [3.8, 4) is 0 Å². The minimum atomic E-state index is -0.0127. The zero-order chi connectivity index (χ0) is 13.7. The number of piperazine rings is 1. The SMILES string of the molecule is CCC(N)CC(=O)N1CCN(c2ccccn2)CC1. The lowest BCUT2D eigenvalue weighted by Crippen LogP contribution is -2.49. The molecule has 19 heavy (non-hydrogen) atoms. The molecule has 104 valence electrons. The number of nitrogens with two attached hydrogens (primary N) is 1.